The van der Waals surface area contributed by atoms with Gasteiger partial charge in [-0.25, -0.2) is 27.1 Å². The lowest BCUT2D eigenvalue weighted by atomic mass is 10.1. The van der Waals surface area contributed by atoms with Crippen LogP contribution in [0.5, 0.6) is 11.5 Å². The quantitative estimate of drug-likeness (QED) is 0.226. The summed E-state index contributed by atoms with van der Waals surface area (Å²) < 4.78 is 59.0. The second-order valence-electron chi connectivity index (χ2n) is 8.44. The van der Waals surface area contributed by atoms with Gasteiger partial charge < -0.3 is 14.7 Å². The van der Waals surface area contributed by atoms with Crippen molar-refractivity contribution in [3.63, 3.8) is 0 Å². The van der Waals surface area contributed by atoms with E-state index in [1.165, 1.54) is 30.3 Å². The zero-order chi connectivity index (χ0) is 28.3. The van der Waals surface area contributed by atoms with Gasteiger partial charge in [-0.2, -0.15) is 0 Å². The number of sulfonamides is 1. The molecule has 0 fully saturated rings. The van der Waals surface area contributed by atoms with Crippen LogP contribution < -0.4 is 14.8 Å². The molecule has 0 unspecified atom stereocenters. The molecule has 0 radical (unpaired) electrons. The molecule has 0 aliphatic heterocycles. The van der Waals surface area contributed by atoms with Gasteiger partial charge in [0.2, 0.25) is 10.0 Å². The van der Waals surface area contributed by atoms with Crippen molar-refractivity contribution in [1.82, 2.24) is 0 Å². The minimum Gasteiger partial charge on any atom is -0.478 e. The lowest BCUT2D eigenvalue weighted by molar-refractivity contribution is 0.0696. The fraction of sp³-hybridized carbons (Fsp3) is 0.0741. The maximum Gasteiger partial charge on any atom is 0.335 e. The van der Waals surface area contributed by atoms with E-state index in [4.69, 9.17) is 33.1 Å². The van der Waals surface area contributed by atoms with Gasteiger partial charge in [-0.1, -0.05) is 53.5 Å². The number of carboxylic acid groups (broad SMARTS) is 1. The Morgan fingerprint density at radius 3 is 1.87 bits per heavy atom. The number of nitrogens with zero attached hydrogens (tertiary/aromatic N) is 1. The molecule has 4 aromatic carbocycles. The predicted octanol–water partition coefficient (Wildman–Crippen LogP) is 6.62. The number of nitrogens with two attached hydrogens (primary N) is 1. The van der Waals surface area contributed by atoms with Gasteiger partial charge in [0.25, 0.3) is 0 Å². The highest BCUT2D eigenvalue weighted by molar-refractivity contribution is 7.89. The Kier molecular flexibility index (Phi) is 8.41. The Balaban J connectivity index is 1.96. The van der Waals surface area contributed by atoms with Gasteiger partial charge in [-0.3, -0.25) is 0 Å². The van der Waals surface area contributed by atoms with Crippen LogP contribution in [0.2, 0.25) is 10.0 Å². The topological polar surface area (TPSA) is 110 Å². The van der Waals surface area contributed by atoms with Gasteiger partial charge >= 0.3 is 5.97 Å². The predicted molar refractivity (Wildman–Crippen MR) is 144 cm³/mol. The second-order valence-corrected chi connectivity index (χ2v) is 10.8. The first-order chi connectivity index (χ1) is 18.4. The Hall–Kier alpha value is -3.70. The molecule has 202 valence electrons. The number of hydrogen-bond donors (Lipinski definition) is 2. The molecule has 12 heteroatoms. The molecule has 4 aromatic rings. The summed E-state index contributed by atoms with van der Waals surface area (Å²) in [5, 5.41) is 15.0. The summed E-state index contributed by atoms with van der Waals surface area (Å²) in [5.41, 5.74) is 0.647. The van der Waals surface area contributed by atoms with Crippen molar-refractivity contribution in [2.75, 3.05) is 4.90 Å². The smallest absolute Gasteiger partial charge is 0.335 e. The number of para-hydroxylation sites is 1. The van der Waals surface area contributed by atoms with Crippen molar-refractivity contribution in [3.05, 3.63) is 117 Å². The van der Waals surface area contributed by atoms with Crippen molar-refractivity contribution in [2.45, 2.75) is 18.0 Å². The number of carbonyl (C=O) groups is 1. The summed E-state index contributed by atoms with van der Waals surface area (Å²) in [4.78, 5) is 13.0. The molecule has 0 saturated carbocycles. The van der Waals surface area contributed by atoms with Crippen LogP contribution in [0.25, 0.3) is 0 Å². The average Bonchev–Trinajstić information content (AvgIpc) is 2.88. The van der Waals surface area contributed by atoms with Crippen LogP contribution in [0, 0.1) is 11.6 Å². The minimum atomic E-state index is -4.49. The summed E-state index contributed by atoms with van der Waals surface area (Å²) in [7, 11) is -4.49. The Bertz CT molecular complexity index is 1600. The highest BCUT2D eigenvalue weighted by atomic mass is 35.5. The van der Waals surface area contributed by atoms with E-state index in [1.54, 1.807) is 35.2 Å². The summed E-state index contributed by atoms with van der Waals surface area (Å²) in [6.45, 7) is -0.0411. The molecule has 0 amide bonds. The summed E-state index contributed by atoms with van der Waals surface area (Å²) in [5.74, 6) is -2.69. The van der Waals surface area contributed by atoms with Gasteiger partial charge in [0.15, 0.2) is 5.75 Å². The minimum absolute atomic E-state index is 0.0206. The van der Waals surface area contributed by atoms with E-state index in [1.807, 2.05) is 0 Å². The third kappa shape index (κ3) is 6.85. The van der Waals surface area contributed by atoms with E-state index < -0.39 is 32.5 Å². The van der Waals surface area contributed by atoms with Crippen LogP contribution in [0.15, 0.2) is 83.8 Å². The first kappa shape index (κ1) is 28.3. The van der Waals surface area contributed by atoms with Crippen molar-refractivity contribution >= 4 is 44.9 Å². The number of halogens is 4. The zero-order valence-electron chi connectivity index (χ0n) is 19.9. The molecule has 0 heterocycles. The van der Waals surface area contributed by atoms with Crippen LogP contribution in [-0.4, -0.2) is 19.5 Å². The first-order valence-electron chi connectivity index (χ1n) is 11.2. The lowest BCUT2D eigenvalue weighted by Crippen LogP contribution is -2.25. The van der Waals surface area contributed by atoms with E-state index in [2.05, 4.69) is 0 Å². The average molecular weight is 593 g/mol. The molecule has 0 spiro atoms. The molecule has 3 N–H and O–H groups in total. The molecule has 0 bridgehead atoms. The highest BCUT2D eigenvalue weighted by Crippen LogP contribution is 2.41. The van der Waals surface area contributed by atoms with Crippen LogP contribution in [0.3, 0.4) is 0 Å². The van der Waals surface area contributed by atoms with Gasteiger partial charge in [-0.05, 0) is 59.7 Å². The van der Waals surface area contributed by atoms with Crippen molar-refractivity contribution < 1.29 is 31.8 Å². The largest absolute Gasteiger partial charge is 0.478 e. The summed E-state index contributed by atoms with van der Waals surface area (Å²) in [6.07, 6.45) is 0. The number of carboxylic acids is 1. The van der Waals surface area contributed by atoms with E-state index in [0.717, 1.165) is 18.2 Å². The van der Waals surface area contributed by atoms with Crippen LogP contribution in [-0.2, 0) is 23.1 Å². The third-order valence-electron chi connectivity index (χ3n) is 5.61. The van der Waals surface area contributed by atoms with E-state index >= 15 is 0 Å². The van der Waals surface area contributed by atoms with Crippen LogP contribution in [0.4, 0.5) is 14.5 Å². The van der Waals surface area contributed by atoms with Gasteiger partial charge in [0, 0.05) is 13.1 Å². The van der Waals surface area contributed by atoms with E-state index in [0.29, 0.717) is 11.1 Å². The summed E-state index contributed by atoms with van der Waals surface area (Å²) in [6, 6.07) is 18.3. The maximum absolute atomic E-state index is 13.9. The number of anilines is 1. The number of aromatic carboxylic acids is 1. The molecule has 7 nitrogen and oxygen atoms in total. The normalized spacial score (nSPS) is 11.3. The number of hydrogen-bond acceptors (Lipinski definition) is 5. The van der Waals surface area contributed by atoms with Crippen LogP contribution >= 0.6 is 23.2 Å². The Labute approximate surface area is 233 Å². The number of primary sulfonamides is 1. The molecule has 0 atom stereocenters. The van der Waals surface area contributed by atoms with E-state index in [-0.39, 0.29) is 45.9 Å². The van der Waals surface area contributed by atoms with Gasteiger partial charge in [0.05, 0.1) is 21.3 Å². The number of rotatable bonds is 9. The Morgan fingerprint density at radius 2 is 1.41 bits per heavy atom. The molecule has 0 aliphatic rings. The Morgan fingerprint density at radius 1 is 0.872 bits per heavy atom. The fourth-order valence-corrected chi connectivity index (χ4v) is 4.91. The third-order valence-corrected chi connectivity index (χ3v) is 7.10. The first-order valence-corrected chi connectivity index (χ1v) is 13.5. The molecule has 0 saturated heterocycles. The molecule has 0 aliphatic carbocycles. The molecular formula is C27H20Cl2F2N2O5S. The molecule has 39 heavy (non-hydrogen) atoms. The zero-order valence-corrected chi connectivity index (χ0v) is 22.3. The molecule has 0 aromatic heterocycles. The number of ether oxygens (including phenoxy) is 1. The van der Waals surface area contributed by atoms with Crippen molar-refractivity contribution in [1.29, 1.82) is 0 Å². The lowest BCUT2D eigenvalue weighted by Gasteiger charge is -2.29. The summed E-state index contributed by atoms with van der Waals surface area (Å²) >= 11 is 12.0. The second kappa shape index (κ2) is 11.6. The SMILES string of the molecule is NS(=O)(=O)c1cc(C(=O)O)cc(N(Cc2ccc(F)c(Cl)c2)Cc2ccc(F)c(Cl)c2)c1Oc1ccccc1. The van der Waals surface area contributed by atoms with Gasteiger partial charge in [-0.15, -0.1) is 0 Å². The fourth-order valence-electron chi connectivity index (χ4n) is 3.81. The maximum atomic E-state index is 13.9. The number of benzene rings is 4. The molecule has 4 rings (SSSR count). The highest BCUT2D eigenvalue weighted by Gasteiger charge is 2.27. The van der Waals surface area contributed by atoms with E-state index in [9.17, 15) is 27.1 Å². The van der Waals surface area contributed by atoms with Crippen LogP contribution in [0.1, 0.15) is 21.5 Å². The van der Waals surface area contributed by atoms with Gasteiger partial charge in [0.1, 0.15) is 22.3 Å². The standard InChI is InChI=1S/C27H20Cl2F2N2O5S/c28-20-10-16(6-8-22(20)30)14-33(15-17-7-9-23(31)21(29)11-17)24-12-18(27(34)35)13-25(39(32,36)37)26(24)38-19-4-2-1-3-5-19/h1-13H,14-15H2,(H,34,35)(H2,32,36,37). The molecular weight excluding hydrogens is 573 g/mol. The monoisotopic (exact) mass is 592 g/mol. The van der Waals surface area contributed by atoms with Crippen molar-refractivity contribution in [3.8, 4) is 11.5 Å². The van der Waals surface area contributed by atoms with Crippen molar-refractivity contribution in [2.24, 2.45) is 5.14 Å².